The van der Waals surface area contributed by atoms with E-state index in [-0.39, 0.29) is 12.6 Å². The van der Waals surface area contributed by atoms with Crippen molar-refractivity contribution in [1.29, 1.82) is 0 Å². The van der Waals surface area contributed by atoms with Crippen LogP contribution in [0.5, 0.6) is 0 Å². The molecule has 0 unspecified atom stereocenters. The first-order valence-corrected chi connectivity index (χ1v) is 5.22. The summed E-state index contributed by atoms with van der Waals surface area (Å²) in [5.41, 5.74) is 0.629. The smallest absolute Gasteiger partial charge is 0.0407 e. The molecule has 1 aromatic rings. The maximum absolute atomic E-state index is 10.2. The second-order valence-corrected chi connectivity index (χ2v) is 4.07. The average molecular weight is 185 g/mol. The van der Waals surface area contributed by atoms with E-state index >= 15 is 0 Å². The van der Waals surface area contributed by atoms with Crippen molar-refractivity contribution in [2.24, 2.45) is 0 Å². The zero-order valence-electron chi connectivity index (χ0n) is 6.34. The van der Waals surface area contributed by atoms with E-state index in [1.807, 2.05) is 0 Å². The van der Waals surface area contributed by atoms with Crippen LogP contribution in [0, 0.1) is 0 Å². The molecule has 4 nitrogen and oxygen atoms in total. The van der Waals surface area contributed by atoms with E-state index in [1.54, 1.807) is 24.4 Å². The highest BCUT2D eigenvalue weighted by Gasteiger charge is 1.94. The molecule has 0 radical (unpaired) electrons. The Morgan fingerprint density at radius 1 is 1.42 bits per heavy atom. The third-order valence-electron chi connectivity index (χ3n) is 1.37. The Labute approximate surface area is 70.4 Å². The molecule has 0 aliphatic rings. The van der Waals surface area contributed by atoms with Crippen molar-refractivity contribution in [2.45, 2.75) is 6.42 Å². The second kappa shape index (κ2) is 3.81. The topological polar surface area (TPSA) is 76.1 Å². The summed E-state index contributed by atoms with van der Waals surface area (Å²) in [6, 6.07) is 5.18. The van der Waals surface area contributed by atoms with Crippen LogP contribution in [-0.4, -0.2) is 11.1 Å². The first-order valence-electron chi connectivity index (χ1n) is 3.49. The van der Waals surface area contributed by atoms with Crippen LogP contribution in [0.3, 0.4) is 0 Å². The highest BCUT2D eigenvalue weighted by atomic mass is 31.2. The third kappa shape index (κ3) is 3.62. The molecule has 1 heterocycles. The van der Waals surface area contributed by atoms with Crippen LogP contribution in [0.4, 0.5) is 0 Å². The lowest BCUT2D eigenvalue weighted by Gasteiger charge is -2.28. The van der Waals surface area contributed by atoms with Gasteiger partial charge in [0.2, 0.25) is 0 Å². The lowest BCUT2D eigenvalue weighted by Crippen LogP contribution is -2.18. The summed E-state index contributed by atoms with van der Waals surface area (Å²) in [4.78, 5) is 24.4. The second-order valence-electron chi connectivity index (χ2n) is 2.41. The van der Waals surface area contributed by atoms with Gasteiger partial charge in [-0.2, -0.15) is 0 Å². The number of hydrogen-bond acceptors (Lipinski definition) is 4. The molecule has 1 aromatic heterocycles. The number of rotatable bonds is 3. The van der Waals surface area contributed by atoms with Gasteiger partial charge in [0.05, 0.1) is 0 Å². The maximum Gasteiger partial charge on any atom is 0.0407 e. The summed E-state index contributed by atoms with van der Waals surface area (Å²) in [5.74, 6) is 0. The minimum Gasteiger partial charge on any atom is -0.811 e. The van der Waals surface area contributed by atoms with E-state index < -0.39 is 7.60 Å². The Balaban J connectivity index is 2.50. The van der Waals surface area contributed by atoms with Crippen molar-refractivity contribution in [3.05, 3.63) is 30.1 Å². The van der Waals surface area contributed by atoms with E-state index in [2.05, 4.69) is 4.98 Å². The highest BCUT2D eigenvalue weighted by Crippen LogP contribution is 2.23. The van der Waals surface area contributed by atoms with Crippen LogP contribution in [0.2, 0.25) is 0 Å². The van der Waals surface area contributed by atoms with Gasteiger partial charge in [-0.25, -0.2) is 0 Å². The van der Waals surface area contributed by atoms with Crippen molar-refractivity contribution in [3.63, 3.8) is 0 Å². The summed E-state index contributed by atoms with van der Waals surface area (Å²) in [6.07, 6.45) is 1.41. The molecule has 0 saturated heterocycles. The van der Waals surface area contributed by atoms with Gasteiger partial charge in [0, 0.05) is 11.9 Å². The Bertz CT molecular complexity index is 282. The van der Waals surface area contributed by atoms with Crippen LogP contribution >= 0.6 is 7.60 Å². The lowest BCUT2D eigenvalue weighted by atomic mass is 10.3. The molecule has 0 saturated carbocycles. The monoisotopic (exact) mass is 185 g/mol. The number of aryl methyl sites for hydroxylation is 1. The van der Waals surface area contributed by atoms with Crippen LogP contribution in [0.1, 0.15) is 5.69 Å². The van der Waals surface area contributed by atoms with Crippen molar-refractivity contribution < 1.29 is 14.4 Å². The molecule has 0 amide bonds. The molecule has 0 aromatic carbocycles. The Morgan fingerprint density at radius 3 is 2.67 bits per heavy atom. The fourth-order valence-corrected chi connectivity index (χ4v) is 1.30. The van der Waals surface area contributed by atoms with Crippen molar-refractivity contribution in [2.75, 3.05) is 6.16 Å². The van der Waals surface area contributed by atoms with E-state index in [0.29, 0.717) is 5.69 Å². The normalized spacial score (nSPS) is 11.5. The standard InChI is InChI=1S/C7H10NO3P/c9-12(10,11)6-4-7-3-1-2-5-8-7/h1-3,5H,4,6H2,(H2,9,10,11)/p-2. The summed E-state index contributed by atoms with van der Waals surface area (Å²) < 4.78 is 10.2. The SMILES string of the molecule is O=P([O-])([O-])CCc1ccccn1. The number of hydrogen-bond donors (Lipinski definition) is 0. The first kappa shape index (κ1) is 9.39. The van der Waals surface area contributed by atoms with E-state index in [9.17, 15) is 14.4 Å². The van der Waals surface area contributed by atoms with Crippen molar-refractivity contribution in [3.8, 4) is 0 Å². The molecule has 1 rings (SSSR count). The largest absolute Gasteiger partial charge is 0.811 e. The molecule has 66 valence electrons. The molecule has 5 heteroatoms. The molecule has 0 aliphatic heterocycles. The first-order chi connectivity index (χ1) is 5.58. The van der Waals surface area contributed by atoms with Crippen molar-refractivity contribution in [1.82, 2.24) is 4.98 Å². The maximum atomic E-state index is 10.2. The predicted octanol–water partition coefficient (Wildman–Crippen LogP) is -0.462. The van der Waals surface area contributed by atoms with E-state index in [0.717, 1.165) is 0 Å². The van der Waals surface area contributed by atoms with Crippen LogP contribution in [0.15, 0.2) is 24.4 Å². The molecule has 0 fully saturated rings. The van der Waals surface area contributed by atoms with Gasteiger partial charge >= 0.3 is 0 Å². The Kier molecular flexibility index (Phi) is 2.98. The van der Waals surface area contributed by atoms with Crippen LogP contribution in [-0.2, 0) is 11.0 Å². The number of nitrogens with zero attached hydrogens (tertiary/aromatic N) is 1. The van der Waals surface area contributed by atoms with Gasteiger partial charge < -0.3 is 14.4 Å². The summed E-state index contributed by atoms with van der Waals surface area (Å²) in [7, 11) is -4.37. The minimum atomic E-state index is -4.37. The Morgan fingerprint density at radius 2 is 2.17 bits per heavy atom. The summed E-state index contributed by atoms with van der Waals surface area (Å²) >= 11 is 0. The number of pyridine rings is 1. The van der Waals surface area contributed by atoms with Crippen LogP contribution in [0.25, 0.3) is 0 Å². The third-order valence-corrected chi connectivity index (χ3v) is 2.14. The molecule has 0 spiro atoms. The summed E-state index contributed by atoms with van der Waals surface area (Å²) in [5, 5.41) is 0. The molecule has 0 atom stereocenters. The minimum absolute atomic E-state index is 0.200. The molecular weight excluding hydrogens is 177 g/mol. The predicted molar refractivity (Wildman–Crippen MR) is 40.4 cm³/mol. The molecular formula is C7H8NO3P-2. The van der Waals surface area contributed by atoms with Gasteiger partial charge in [-0.05, 0) is 24.7 Å². The quantitative estimate of drug-likeness (QED) is 0.597. The zero-order valence-corrected chi connectivity index (χ0v) is 7.24. The van der Waals surface area contributed by atoms with Gasteiger partial charge in [-0.1, -0.05) is 13.7 Å². The lowest BCUT2D eigenvalue weighted by molar-refractivity contribution is -0.313. The average Bonchev–Trinajstić information content (AvgIpc) is 2.02. The molecule has 0 N–H and O–H groups in total. The fraction of sp³-hybridized carbons (Fsp3) is 0.286. The van der Waals surface area contributed by atoms with E-state index in [1.165, 1.54) is 0 Å². The fourth-order valence-electron chi connectivity index (χ4n) is 0.797. The highest BCUT2D eigenvalue weighted by molar-refractivity contribution is 7.48. The van der Waals surface area contributed by atoms with Crippen LogP contribution < -0.4 is 9.79 Å². The van der Waals surface area contributed by atoms with Crippen molar-refractivity contribution >= 4 is 7.60 Å². The molecule has 12 heavy (non-hydrogen) atoms. The molecule has 0 bridgehead atoms. The van der Waals surface area contributed by atoms with Gasteiger partial charge in [0.1, 0.15) is 0 Å². The van der Waals surface area contributed by atoms with E-state index in [4.69, 9.17) is 0 Å². The van der Waals surface area contributed by atoms with Gasteiger partial charge in [0.25, 0.3) is 0 Å². The molecule has 0 aliphatic carbocycles. The van der Waals surface area contributed by atoms with Gasteiger partial charge in [0.15, 0.2) is 0 Å². The zero-order chi connectivity index (χ0) is 9.03. The van der Waals surface area contributed by atoms with Gasteiger partial charge in [-0.3, -0.25) is 4.98 Å². The Hall–Kier alpha value is -0.700. The van der Waals surface area contributed by atoms with Gasteiger partial charge in [-0.15, -0.1) is 0 Å². The summed E-state index contributed by atoms with van der Waals surface area (Å²) in [6.45, 7) is 0. The number of aromatic nitrogens is 1.